The number of esters is 1. The molecule has 0 radical (unpaired) electrons. The summed E-state index contributed by atoms with van der Waals surface area (Å²) in [5.41, 5.74) is 1.58. The highest BCUT2D eigenvalue weighted by molar-refractivity contribution is 6.09. The molecule has 0 aliphatic carbocycles. The smallest absolute Gasteiger partial charge is 0.343 e. The van der Waals surface area contributed by atoms with E-state index in [4.69, 9.17) is 4.74 Å². The van der Waals surface area contributed by atoms with Crippen LogP contribution in [0.2, 0.25) is 0 Å². The van der Waals surface area contributed by atoms with Gasteiger partial charge in [-0.15, -0.1) is 0 Å². The Morgan fingerprint density at radius 3 is 2.04 bits per heavy atom. The molecule has 0 aliphatic heterocycles. The van der Waals surface area contributed by atoms with Crippen LogP contribution in [0.25, 0.3) is 0 Å². The molecule has 0 spiro atoms. The van der Waals surface area contributed by atoms with Gasteiger partial charge in [-0.2, -0.15) is 0 Å². The van der Waals surface area contributed by atoms with Gasteiger partial charge in [-0.3, -0.25) is 14.9 Å². The Balaban J connectivity index is 1.73. The molecule has 0 unspecified atom stereocenters. The number of ketones is 1. The molecule has 0 bridgehead atoms. The Morgan fingerprint density at radius 2 is 1.44 bits per heavy atom. The summed E-state index contributed by atoms with van der Waals surface area (Å²) in [6.45, 7) is 1.55. The highest BCUT2D eigenvalue weighted by Gasteiger charge is 2.15. The van der Waals surface area contributed by atoms with Crippen LogP contribution in [0.5, 0.6) is 5.75 Å². The second-order valence-electron chi connectivity index (χ2n) is 5.87. The van der Waals surface area contributed by atoms with Gasteiger partial charge >= 0.3 is 5.97 Å². The van der Waals surface area contributed by atoms with E-state index < -0.39 is 10.9 Å². The van der Waals surface area contributed by atoms with Gasteiger partial charge in [0.05, 0.1) is 10.5 Å². The van der Waals surface area contributed by atoms with Gasteiger partial charge in [0.25, 0.3) is 5.69 Å². The SMILES string of the molecule is Cc1cc(C(=O)Oc2ccc(C(=O)c3ccccc3)cc2)ccc1[N+](=O)[O-]. The van der Waals surface area contributed by atoms with E-state index in [9.17, 15) is 19.7 Å². The van der Waals surface area contributed by atoms with Crippen molar-refractivity contribution in [2.24, 2.45) is 0 Å². The molecule has 27 heavy (non-hydrogen) atoms. The van der Waals surface area contributed by atoms with Crippen molar-refractivity contribution in [2.75, 3.05) is 0 Å². The molecule has 0 amide bonds. The van der Waals surface area contributed by atoms with Crippen LogP contribution in [0, 0.1) is 17.0 Å². The number of rotatable bonds is 5. The number of aryl methyl sites for hydroxylation is 1. The lowest BCUT2D eigenvalue weighted by Crippen LogP contribution is -2.09. The Morgan fingerprint density at radius 1 is 0.852 bits per heavy atom. The average molecular weight is 361 g/mol. The Kier molecular flexibility index (Phi) is 5.08. The summed E-state index contributed by atoms with van der Waals surface area (Å²) in [4.78, 5) is 34.9. The minimum absolute atomic E-state index is 0.0599. The van der Waals surface area contributed by atoms with E-state index in [1.165, 1.54) is 30.3 Å². The summed E-state index contributed by atoms with van der Waals surface area (Å²) < 4.78 is 5.28. The van der Waals surface area contributed by atoms with Gasteiger partial charge in [0.1, 0.15) is 5.75 Å². The molecule has 6 nitrogen and oxygen atoms in total. The van der Waals surface area contributed by atoms with E-state index >= 15 is 0 Å². The molecular weight excluding hydrogens is 346 g/mol. The molecule has 0 aromatic heterocycles. The van der Waals surface area contributed by atoms with Crippen molar-refractivity contribution < 1.29 is 19.2 Å². The van der Waals surface area contributed by atoms with Crippen LogP contribution in [0.4, 0.5) is 5.69 Å². The summed E-state index contributed by atoms with van der Waals surface area (Å²) in [5.74, 6) is -0.477. The molecule has 0 fully saturated rings. The maximum atomic E-state index is 12.4. The molecule has 3 aromatic rings. The lowest BCUT2D eigenvalue weighted by atomic mass is 10.0. The van der Waals surface area contributed by atoms with E-state index in [1.807, 2.05) is 6.07 Å². The van der Waals surface area contributed by atoms with Crippen molar-refractivity contribution in [1.82, 2.24) is 0 Å². The fourth-order valence-electron chi connectivity index (χ4n) is 2.58. The standard InChI is InChI=1S/C21H15NO5/c1-14-13-17(9-12-19(14)22(25)26)21(24)27-18-10-7-16(8-11-18)20(23)15-5-3-2-4-6-15/h2-13H,1H3. The molecule has 3 aromatic carbocycles. The van der Waals surface area contributed by atoms with Crippen LogP contribution in [0.1, 0.15) is 31.8 Å². The monoisotopic (exact) mass is 361 g/mol. The van der Waals surface area contributed by atoms with Gasteiger partial charge in [0, 0.05) is 22.8 Å². The predicted octanol–water partition coefficient (Wildman–Crippen LogP) is 4.35. The van der Waals surface area contributed by atoms with Crippen molar-refractivity contribution in [3.8, 4) is 5.75 Å². The van der Waals surface area contributed by atoms with Crippen LogP contribution in [0.15, 0.2) is 72.8 Å². The van der Waals surface area contributed by atoms with Crippen LogP contribution in [0.3, 0.4) is 0 Å². The summed E-state index contributed by atoms with van der Waals surface area (Å²) in [7, 11) is 0. The fraction of sp³-hybridized carbons (Fsp3) is 0.0476. The number of hydrogen-bond acceptors (Lipinski definition) is 5. The zero-order chi connectivity index (χ0) is 19.4. The van der Waals surface area contributed by atoms with Crippen LogP contribution in [-0.2, 0) is 0 Å². The summed E-state index contributed by atoms with van der Waals surface area (Å²) in [6, 6.07) is 19.1. The van der Waals surface area contributed by atoms with Crippen LogP contribution >= 0.6 is 0 Å². The first-order valence-corrected chi connectivity index (χ1v) is 8.13. The number of benzene rings is 3. The van der Waals surface area contributed by atoms with Crippen LogP contribution in [-0.4, -0.2) is 16.7 Å². The first kappa shape index (κ1) is 18.0. The molecule has 6 heteroatoms. The zero-order valence-corrected chi connectivity index (χ0v) is 14.4. The topological polar surface area (TPSA) is 86.5 Å². The Labute approximate surface area is 155 Å². The summed E-state index contributed by atoms with van der Waals surface area (Å²) >= 11 is 0. The largest absolute Gasteiger partial charge is 0.423 e. The highest BCUT2D eigenvalue weighted by Crippen LogP contribution is 2.21. The first-order chi connectivity index (χ1) is 13.0. The minimum Gasteiger partial charge on any atom is -0.423 e. The second-order valence-corrected chi connectivity index (χ2v) is 5.87. The van der Waals surface area contributed by atoms with Gasteiger partial charge in [-0.25, -0.2) is 4.79 Å². The number of hydrogen-bond donors (Lipinski definition) is 0. The van der Waals surface area contributed by atoms with Gasteiger partial charge in [0.2, 0.25) is 0 Å². The average Bonchev–Trinajstić information content (AvgIpc) is 2.68. The van der Waals surface area contributed by atoms with Crippen molar-refractivity contribution in [1.29, 1.82) is 0 Å². The van der Waals surface area contributed by atoms with Crippen LogP contribution < -0.4 is 4.74 Å². The lowest BCUT2D eigenvalue weighted by Gasteiger charge is -2.06. The molecule has 0 saturated heterocycles. The van der Waals surface area contributed by atoms with Crippen molar-refractivity contribution in [2.45, 2.75) is 6.92 Å². The maximum Gasteiger partial charge on any atom is 0.343 e. The predicted molar refractivity (Wildman–Crippen MR) is 99.1 cm³/mol. The molecule has 0 N–H and O–H groups in total. The molecule has 0 atom stereocenters. The normalized spacial score (nSPS) is 10.3. The highest BCUT2D eigenvalue weighted by atomic mass is 16.6. The molecule has 134 valence electrons. The summed E-state index contributed by atoms with van der Waals surface area (Å²) in [6.07, 6.45) is 0. The fourth-order valence-corrected chi connectivity index (χ4v) is 2.58. The first-order valence-electron chi connectivity index (χ1n) is 8.13. The third kappa shape index (κ3) is 4.07. The van der Waals surface area contributed by atoms with Gasteiger partial charge in [-0.1, -0.05) is 30.3 Å². The van der Waals surface area contributed by atoms with Crippen molar-refractivity contribution in [3.63, 3.8) is 0 Å². The van der Waals surface area contributed by atoms with E-state index in [2.05, 4.69) is 0 Å². The number of nitro groups is 1. The second kappa shape index (κ2) is 7.61. The quantitative estimate of drug-likeness (QED) is 0.222. The molecule has 0 saturated carbocycles. The summed E-state index contributed by atoms with van der Waals surface area (Å²) in [5, 5.41) is 10.8. The van der Waals surface area contributed by atoms with Gasteiger partial charge in [0.15, 0.2) is 5.78 Å². The number of carbonyl (C=O) groups excluding carboxylic acids is 2. The maximum absolute atomic E-state index is 12.4. The van der Waals surface area contributed by atoms with E-state index in [1.54, 1.807) is 43.3 Å². The minimum atomic E-state index is -0.630. The molecule has 0 aliphatic rings. The molecular formula is C21H15NO5. The lowest BCUT2D eigenvalue weighted by molar-refractivity contribution is -0.385. The van der Waals surface area contributed by atoms with Gasteiger partial charge < -0.3 is 4.74 Å². The van der Waals surface area contributed by atoms with Crippen molar-refractivity contribution in [3.05, 3.63) is 105 Å². The Bertz CT molecular complexity index is 1010. The van der Waals surface area contributed by atoms with E-state index in [0.29, 0.717) is 16.7 Å². The third-order valence-corrected chi connectivity index (χ3v) is 3.99. The van der Waals surface area contributed by atoms with Gasteiger partial charge in [-0.05, 0) is 43.3 Å². The number of nitro benzene ring substituents is 1. The number of nitrogens with zero attached hydrogens (tertiary/aromatic N) is 1. The number of ether oxygens (including phenoxy) is 1. The third-order valence-electron chi connectivity index (χ3n) is 3.99. The van der Waals surface area contributed by atoms with E-state index in [-0.39, 0.29) is 22.8 Å². The zero-order valence-electron chi connectivity index (χ0n) is 14.4. The van der Waals surface area contributed by atoms with E-state index in [0.717, 1.165) is 0 Å². The number of carbonyl (C=O) groups is 2. The molecule has 0 heterocycles. The molecule has 3 rings (SSSR count). The van der Waals surface area contributed by atoms with Crippen molar-refractivity contribution >= 4 is 17.4 Å². The Hall–Kier alpha value is -3.80.